The van der Waals surface area contributed by atoms with Crippen molar-refractivity contribution in [3.63, 3.8) is 0 Å². The van der Waals surface area contributed by atoms with Crippen molar-refractivity contribution in [3.05, 3.63) is 108 Å². The third-order valence-corrected chi connectivity index (χ3v) is 7.37. The molecule has 0 spiro atoms. The molecular formula is C31H27N3O2. The molecule has 1 aliphatic carbocycles. The van der Waals surface area contributed by atoms with Crippen LogP contribution in [0.15, 0.2) is 97.3 Å². The van der Waals surface area contributed by atoms with Gasteiger partial charge in [-0.05, 0) is 54.7 Å². The van der Waals surface area contributed by atoms with Crippen molar-refractivity contribution in [3.8, 4) is 11.3 Å². The van der Waals surface area contributed by atoms with Gasteiger partial charge in [0, 0.05) is 34.9 Å². The number of aromatic nitrogens is 2. The van der Waals surface area contributed by atoms with Gasteiger partial charge in [0.15, 0.2) is 0 Å². The molecule has 2 aromatic heterocycles. The first-order valence-corrected chi connectivity index (χ1v) is 12.4. The van der Waals surface area contributed by atoms with E-state index in [2.05, 4.69) is 34.6 Å². The van der Waals surface area contributed by atoms with Crippen LogP contribution in [0, 0.1) is 0 Å². The van der Waals surface area contributed by atoms with Crippen LogP contribution in [0.1, 0.15) is 41.6 Å². The summed E-state index contributed by atoms with van der Waals surface area (Å²) in [4.78, 5) is 22.7. The second kappa shape index (κ2) is 9.17. The molecule has 2 N–H and O–H groups in total. The lowest BCUT2D eigenvalue weighted by molar-refractivity contribution is -0.00831. The Kier molecular flexibility index (Phi) is 5.70. The molecule has 2 heterocycles. The van der Waals surface area contributed by atoms with Gasteiger partial charge in [0.05, 0.1) is 22.4 Å². The van der Waals surface area contributed by atoms with Crippen molar-refractivity contribution in [1.82, 2.24) is 15.3 Å². The topological polar surface area (TPSA) is 75.1 Å². The number of nitrogens with one attached hydrogen (secondary N) is 1. The molecule has 5 nitrogen and oxygen atoms in total. The summed E-state index contributed by atoms with van der Waals surface area (Å²) in [5.41, 5.74) is 3.16. The molecule has 5 heteroatoms. The second-order valence-electron chi connectivity index (χ2n) is 9.62. The molecule has 178 valence electrons. The maximum absolute atomic E-state index is 13.6. The van der Waals surface area contributed by atoms with Crippen LogP contribution in [0.2, 0.25) is 0 Å². The minimum absolute atomic E-state index is 0.00220. The number of fused-ring (bicyclic) bond motifs is 2. The predicted molar refractivity (Wildman–Crippen MR) is 143 cm³/mol. The van der Waals surface area contributed by atoms with Gasteiger partial charge in [0.1, 0.15) is 0 Å². The summed E-state index contributed by atoms with van der Waals surface area (Å²) in [5.74, 6) is -0.105. The van der Waals surface area contributed by atoms with Gasteiger partial charge in [-0.15, -0.1) is 0 Å². The maximum Gasteiger partial charge on any atom is 0.252 e. The number of carbonyl (C=O) groups is 1. The summed E-state index contributed by atoms with van der Waals surface area (Å²) in [5, 5.41) is 17.5. The Balaban J connectivity index is 1.30. The highest BCUT2D eigenvalue weighted by Crippen LogP contribution is 2.37. The van der Waals surface area contributed by atoms with Crippen LogP contribution in [0.3, 0.4) is 0 Å². The number of hydrogen-bond donors (Lipinski definition) is 2. The van der Waals surface area contributed by atoms with E-state index in [1.165, 1.54) is 0 Å². The van der Waals surface area contributed by atoms with Crippen LogP contribution >= 0.6 is 0 Å². The number of rotatable bonds is 4. The molecule has 3 aromatic carbocycles. The fraction of sp³-hybridized carbons (Fsp3) is 0.194. The smallest absolute Gasteiger partial charge is 0.252 e. The molecule has 6 rings (SSSR count). The summed E-state index contributed by atoms with van der Waals surface area (Å²) in [6.45, 7) is 0. The molecule has 0 saturated heterocycles. The first-order valence-electron chi connectivity index (χ1n) is 12.4. The van der Waals surface area contributed by atoms with Crippen LogP contribution in [-0.2, 0) is 5.60 Å². The number of nitrogens with zero attached hydrogens (tertiary/aromatic N) is 2. The Morgan fingerprint density at radius 3 is 2.44 bits per heavy atom. The van der Waals surface area contributed by atoms with Gasteiger partial charge in [-0.2, -0.15) is 0 Å². The van der Waals surface area contributed by atoms with Crippen molar-refractivity contribution >= 4 is 27.6 Å². The van der Waals surface area contributed by atoms with Crippen LogP contribution < -0.4 is 5.32 Å². The summed E-state index contributed by atoms with van der Waals surface area (Å²) < 4.78 is 0. The van der Waals surface area contributed by atoms with Crippen LogP contribution in [0.25, 0.3) is 32.9 Å². The molecule has 5 aromatic rings. The van der Waals surface area contributed by atoms with Gasteiger partial charge in [0.25, 0.3) is 5.91 Å². The Morgan fingerprint density at radius 1 is 0.889 bits per heavy atom. The lowest BCUT2D eigenvalue weighted by Crippen LogP contribution is -2.42. The third kappa shape index (κ3) is 4.12. The Bertz CT molecular complexity index is 1550. The average Bonchev–Trinajstić information content (AvgIpc) is 2.94. The van der Waals surface area contributed by atoms with E-state index >= 15 is 0 Å². The number of amides is 1. The third-order valence-electron chi connectivity index (χ3n) is 7.37. The Hall–Kier alpha value is -4.09. The normalized spacial score (nSPS) is 19.9. The summed E-state index contributed by atoms with van der Waals surface area (Å²) in [6.07, 6.45) is 6.03. The molecule has 1 saturated carbocycles. The highest BCUT2D eigenvalue weighted by molar-refractivity contribution is 6.08. The summed E-state index contributed by atoms with van der Waals surface area (Å²) in [7, 11) is 0. The number of pyridine rings is 2. The standard InChI is InChI=1S/C31H27N3O2/c35-30(33-23-14-16-31(36,17-15-23)22-9-6-18-32-20-22)27-19-29(34-28-13-4-3-11-26(27)28)25-12-5-8-21-7-1-2-10-24(21)25/h1-13,18-20,23,36H,14-17H2,(H,33,35). The van der Waals surface area contributed by atoms with Gasteiger partial charge in [-0.25, -0.2) is 4.98 Å². The summed E-state index contributed by atoms with van der Waals surface area (Å²) >= 11 is 0. The van der Waals surface area contributed by atoms with E-state index in [-0.39, 0.29) is 11.9 Å². The predicted octanol–water partition coefficient (Wildman–Crippen LogP) is 6.01. The Morgan fingerprint density at radius 2 is 1.64 bits per heavy atom. The molecule has 0 aliphatic heterocycles. The van der Waals surface area contributed by atoms with E-state index in [0.717, 1.165) is 38.5 Å². The van der Waals surface area contributed by atoms with Gasteiger partial charge in [-0.1, -0.05) is 66.7 Å². The zero-order valence-corrected chi connectivity index (χ0v) is 19.9. The molecule has 0 atom stereocenters. The minimum atomic E-state index is -0.889. The molecule has 36 heavy (non-hydrogen) atoms. The SMILES string of the molecule is O=C(NC1CCC(O)(c2cccnc2)CC1)c1cc(-c2cccc3ccccc23)nc2ccccc12. The minimum Gasteiger partial charge on any atom is -0.385 e. The molecule has 0 radical (unpaired) electrons. The monoisotopic (exact) mass is 473 g/mol. The largest absolute Gasteiger partial charge is 0.385 e. The number of aliphatic hydroxyl groups is 1. The number of para-hydroxylation sites is 1. The first-order chi connectivity index (χ1) is 17.6. The van der Waals surface area contributed by atoms with Crippen molar-refractivity contribution in [2.45, 2.75) is 37.3 Å². The number of benzene rings is 3. The lowest BCUT2D eigenvalue weighted by atomic mass is 9.78. The fourth-order valence-electron chi connectivity index (χ4n) is 5.38. The van der Waals surface area contributed by atoms with E-state index < -0.39 is 5.60 Å². The molecule has 1 aliphatic rings. The van der Waals surface area contributed by atoms with Crippen LogP contribution in [0.5, 0.6) is 0 Å². The van der Waals surface area contributed by atoms with Crippen LogP contribution in [0.4, 0.5) is 0 Å². The van der Waals surface area contributed by atoms with E-state index in [9.17, 15) is 9.90 Å². The average molecular weight is 474 g/mol. The van der Waals surface area contributed by atoms with Gasteiger partial charge in [-0.3, -0.25) is 9.78 Å². The van der Waals surface area contributed by atoms with Crippen LogP contribution in [-0.4, -0.2) is 27.0 Å². The second-order valence-corrected chi connectivity index (χ2v) is 9.62. The Labute approximate surface area is 209 Å². The van der Waals surface area contributed by atoms with Gasteiger partial charge < -0.3 is 10.4 Å². The lowest BCUT2D eigenvalue weighted by Gasteiger charge is -2.36. The van der Waals surface area contributed by atoms with E-state index in [0.29, 0.717) is 31.2 Å². The zero-order chi connectivity index (χ0) is 24.5. The summed E-state index contributed by atoms with van der Waals surface area (Å²) in [6, 6.07) is 27.9. The molecule has 1 fully saturated rings. The maximum atomic E-state index is 13.6. The highest BCUT2D eigenvalue weighted by atomic mass is 16.3. The van der Waals surface area contributed by atoms with Crippen molar-refractivity contribution in [1.29, 1.82) is 0 Å². The highest BCUT2D eigenvalue weighted by Gasteiger charge is 2.35. The van der Waals surface area contributed by atoms with Crippen molar-refractivity contribution in [2.75, 3.05) is 0 Å². The molecule has 0 bridgehead atoms. The first kappa shape index (κ1) is 22.4. The van der Waals surface area contributed by atoms with Crippen molar-refractivity contribution in [2.24, 2.45) is 0 Å². The van der Waals surface area contributed by atoms with E-state index in [1.807, 2.05) is 60.7 Å². The number of hydrogen-bond acceptors (Lipinski definition) is 4. The molecule has 0 unspecified atom stereocenters. The van der Waals surface area contributed by atoms with Gasteiger partial charge >= 0.3 is 0 Å². The van der Waals surface area contributed by atoms with E-state index in [1.54, 1.807) is 12.4 Å². The molecule has 1 amide bonds. The fourth-order valence-corrected chi connectivity index (χ4v) is 5.38. The number of carbonyl (C=O) groups excluding carboxylic acids is 1. The quantitative estimate of drug-likeness (QED) is 0.335. The van der Waals surface area contributed by atoms with Gasteiger partial charge in [0.2, 0.25) is 0 Å². The zero-order valence-electron chi connectivity index (χ0n) is 19.9. The van der Waals surface area contributed by atoms with Crippen molar-refractivity contribution < 1.29 is 9.90 Å². The molecular weight excluding hydrogens is 446 g/mol. The van der Waals surface area contributed by atoms with E-state index in [4.69, 9.17) is 4.98 Å².